The predicted octanol–water partition coefficient (Wildman–Crippen LogP) is 3.27. The van der Waals surface area contributed by atoms with E-state index in [9.17, 15) is 14.0 Å². The van der Waals surface area contributed by atoms with Crippen LogP contribution in [0.3, 0.4) is 0 Å². The van der Waals surface area contributed by atoms with Crippen LogP contribution in [0.15, 0.2) is 60.7 Å². The molecule has 0 spiro atoms. The average Bonchev–Trinajstić information content (AvgIpc) is 2.77. The molecule has 1 N–H and O–H groups in total. The van der Waals surface area contributed by atoms with Gasteiger partial charge in [0.25, 0.3) is 0 Å². The fourth-order valence-electron chi connectivity index (χ4n) is 3.22. The van der Waals surface area contributed by atoms with Gasteiger partial charge in [-0.1, -0.05) is 30.3 Å². The number of benzene rings is 2. The summed E-state index contributed by atoms with van der Waals surface area (Å²) in [4.78, 5) is 26.4. The molecule has 2 aromatic carbocycles. The first-order valence-electron chi connectivity index (χ1n) is 9.80. The number of nitrogens with zero attached hydrogens (tertiary/aromatic N) is 1. The zero-order valence-corrected chi connectivity index (χ0v) is 16.2. The summed E-state index contributed by atoms with van der Waals surface area (Å²) in [6.07, 6.45) is 4.69. The number of rotatable bonds is 7. The molecule has 0 atom stereocenters. The van der Waals surface area contributed by atoms with Gasteiger partial charge in [0.1, 0.15) is 18.2 Å². The first-order chi connectivity index (χ1) is 14.1. The Morgan fingerprint density at radius 2 is 1.76 bits per heavy atom. The van der Waals surface area contributed by atoms with Crippen molar-refractivity contribution >= 4 is 17.9 Å². The van der Waals surface area contributed by atoms with Gasteiger partial charge < -0.3 is 15.0 Å². The third kappa shape index (κ3) is 6.45. The summed E-state index contributed by atoms with van der Waals surface area (Å²) in [6, 6.07) is 15.4. The van der Waals surface area contributed by atoms with E-state index >= 15 is 0 Å². The average molecular weight is 396 g/mol. The molecule has 1 aliphatic rings. The van der Waals surface area contributed by atoms with Crippen molar-refractivity contribution in [1.82, 2.24) is 10.2 Å². The van der Waals surface area contributed by atoms with Crippen molar-refractivity contribution in [3.05, 3.63) is 72.1 Å². The summed E-state index contributed by atoms with van der Waals surface area (Å²) in [7, 11) is 0. The molecular formula is C23H25FN2O3. The summed E-state index contributed by atoms with van der Waals surface area (Å²) in [5.41, 5.74) is 0.984. The van der Waals surface area contributed by atoms with Crippen molar-refractivity contribution in [2.24, 2.45) is 5.92 Å². The van der Waals surface area contributed by atoms with E-state index in [1.54, 1.807) is 23.1 Å². The maximum atomic E-state index is 12.8. The Labute approximate surface area is 170 Å². The number of ether oxygens (including phenoxy) is 1. The highest BCUT2D eigenvalue weighted by atomic mass is 19.1. The number of halogens is 1. The predicted molar refractivity (Wildman–Crippen MR) is 110 cm³/mol. The lowest BCUT2D eigenvalue weighted by atomic mass is 9.96. The molecule has 0 bridgehead atoms. The van der Waals surface area contributed by atoms with Gasteiger partial charge in [0.15, 0.2) is 0 Å². The second-order valence-electron chi connectivity index (χ2n) is 6.94. The Balaban J connectivity index is 1.35. The topological polar surface area (TPSA) is 58.6 Å². The number of carbonyl (C=O) groups excluding carboxylic acids is 2. The van der Waals surface area contributed by atoms with Gasteiger partial charge in [-0.2, -0.15) is 0 Å². The van der Waals surface area contributed by atoms with E-state index in [2.05, 4.69) is 5.32 Å². The minimum atomic E-state index is -0.314. The first-order valence-corrected chi connectivity index (χ1v) is 9.80. The number of likely N-dealkylation sites (tertiary alicyclic amines) is 1. The minimum absolute atomic E-state index is 0.0142. The molecule has 0 aliphatic carbocycles. The fourth-order valence-corrected chi connectivity index (χ4v) is 3.22. The molecule has 2 amide bonds. The molecular weight excluding hydrogens is 371 g/mol. The van der Waals surface area contributed by atoms with E-state index in [-0.39, 0.29) is 23.5 Å². The molecule has 0 saturated carbocycles. The molecule has 1 heterocycles. The Hall–Kier alpha value is -3.15. The van der Waals surface area contributed by atoms with E-state index in [4.69, 9.17) is 4.74 Å². The Kier molecular flexibility index (Phi) is 7.39. The number of nitrogens with one attached hydrogen (secondary N) is 1. The second kappa shape index (κ2) is 10.4. The molecule has 0 radical (unpaired) electrons. The molecule has 2 aromatic rings. The van der Waals surface area contributed by atoms with Gasteiger partial charge in [0.05, 0.1) is 6.54 Å². The van der Waals surface area contributed by atoms with E-state index in [1.165, 1.54) is 12.1 Å². The van der Waals surface area contributed by atoms with E-state index < -0.39 is 0 Å². The summed E-state index contributed by atoms with van der Waals surface area (Å²) >= 11 is 0. The highest BCUT2D eigenvalue weighted by Gasteiger charge is 2.26. The van der Waals surface area contributed by atoms with Crippen molar-refractivity contribution in [1.29, 1.82) is 0 Å². The van der Waals surface area contributed by atoms with E-state index in [0.717, 1.165) is 5.56 Å². The smallest absolute Gasteiger partial charge is 0.246 e. The lowest BCUT2D eigenvalue weighted by Crippen LogP contribution is -2.43. The molecule has 1 aliphatic heterocycles. The zero-order chi connectivity index (χ0) is 20.5. The van der Waals surface area contributed by atoms with Crippen LogP contribution in [0.5, 0.6) is 5.75 Å². The van der Waals surface area contributed by atoms with Crippen molar-refractivity contribution in [3.8, 4) is 5.75 Å². The number of carbonyl (C=O) groups is 2. The molecule has 0 aromatic heterocycles. The highest BCUT2D eigenvalue weighted by Crippen LogP contribution is 2.18. The van der Waals surface area contributed by atoms with Crippen molar-refractivity contribution in [2.45, 2.75) is 12.8 Å². The summed E-state index contributed by atoms with van der Waals surface area (Å²) in [5.74, 6) is 0.116. The normalized spacial score (nSPS) is 14.7. The van der Waals surface area contributed by atoms with Crippen molar-refractivity contribution < 1.29 is 18.7 Å². The zero-order valence-electron chi connectivity index (χ0n) is 16.2. The van der Waals surface area contributed by atoms with E-state index in [1.807, 2.05) is 36.4 Å². The first kappa shape index (κ1) is 20.6. The minimum Gasteiger partial charge on any atom is -0.492 e. The van der Waals surface area contributed by atoms with Crippen molar-refractivity contribution in [3.63, 3.8) is 0 Å². The maximum Gasteiger partial charge on any atom is 0.246 e. The van der Waals surface area contributed by atoms with Crippen LogP contribution in [0.1, 0.15) is 18.4 Å². The monoisotopic (exact) mass is 396 g/mol. The number of hydrogen-bond acceptors (Lipinski definition) is 3. The number of hydrogen-bond donors (Lipinski definition) is 1. The van der Waals surface area contributed by atoms with Crippen LogP contribution in [0, 0.1) is 11.7 Å². The van der Waals surface area contributed by atoms with Gasteiger partial charge >= 0.3 is 0 Å². The summed E-state index contributed by atoms with van der Waals surface area (Å²) < 4.78 is 18.3. The molecule has 152 valence electrons. The maximum absolute atomic E-state index is 12.8. The van der Waals surface area contributed by atoms with Crippen LogP contribution < -0.4 is 10.1 Å². The lowest BCUT2D eigenvalue weighted by Gasteiger charge is -2.30. The molecule has 5 nitrogen and oxygen atoms in total. The Bertz CT molecular complexity index is 829. The van der Waals surface area contributed by atoms with Crippen LogP contribution in [0.2, 0.25) is 0 Å². The summed E-state index contributed by atoms with van der Waals surface area (Å²) in [6.45, 7) is 1.85. The van der Waals surface area contributed by atoms with Gasteiger partial charge in [0, 0.05) is 25.1 Å². The standard InChI is InChI=1S/C23H25FN2O3/c24-20-7-9-21(10-8-20)29-17-14-25-23(28)19-12-15-26(16-13-19)22(27)11-6-18-4-2-1-3-5-18/h1-11,19H,12-17H2,(H,25,28)/b11-6+. The van der Waals surface area contributed by atoms with Crippen LogP contribution in [-0.4, -0.2) is 43.0 Å². The van der Waals surface area contributed by atoms with Gasteiger partial charge in [0.2, 0.25) is 11.8 Å². The molecule has 6 heteroatoms. The van der Waals surface area contributed by atoms with Gasteiger partial charge in [-0.3, -0.25) is 9.59 Å². The Morgan fingerprint density at radius 1 is 1.07 bits per heavy atom. The number of piperidine rings is 1. The van der Waals surface area contributed by atoms with Gasteiger partial charge in [-0.25, -0.2) is 4.39 Å². The SMILES string of the molecule is O=C(NCCOc1ccc(F)cc1)C1CCN(C(=O)/C=C/c2ccccc2)CC1. The third-order valence-corrected chi connectivity index (χ3v) is 4.88. The van der Waals surface area contributed by atoms with Crippen LogP contribution in [0.4, 0.5) is 4.39 Å². The molecule has 1 saturated heterocycles. The molecule has 3 rings (SSSR count). The van der Waals surface area contributed by atoms with Crippen LogP contribution in [0.25, 0.3) is 6.08 Å². The van der Waals surface area contributed by atoms with Crippen molar-refractivity contribution in [2.75, 3.05) is 26.2 Å². The Morgan fingerprint density at radius 3 is 2.45 bits per heavy atom. The second-order valence-corrected chi connectivity index (χ2v) is 6.94. The number of amides is 2. The summed E-state index contributed by atoms with van der Waals surface area (Å²) in [5, 5.41) is 2.87. The quantitative estimate of drug-likeness (QED) is 0.577. The van der Waals surface area contributed by atoms with Crippen LogP contribution in [-0.2, 0) is 9.59 Å². The fraction of sp³-hybridized carbons (Fsp3) is 0.304. The lowest BCUT2D eigenvalue weighted by molar-refractivity contribution is -0.132. The van der Waals surface area contributed by atoms with Gasteiger partial charge in [-0.15, -0.1) is 0 Å². The molecule has 29 heavy (non-hydrogen) atoms. The molecule has 0 unspecified atom stereocenters. The van der Waals surface area contributed by atoms with Gasteiger partial charge in [-0.05, 0) is 48.7 Å². The van der Waals surface area contributed by atoms with Crippen LogP contribution >= 0.6 is 0 Å². The largest absolute Gasteiger partial charge is 0.492 e. The van der Waals surface area contributed by atoms with E-state index in [0.29, 0.717) is 44.8 Å². The highest BCUT2D eigenvalue weighted by molar-refractivity contribution is 5.92. The molecule has 1 fully saturated rings. The third-order valence-electron chi connectivity index (χ3n) is 4.88.